The molecule has 8 heteroatoms. The summed E-state index contributed by atoms with van der Waals surface area (Å²) < 4.78 is 5.57. The van der Waals surface area contributed by atoms with E-state index in [4.69, 9.17) is 16.3 Å². The molecule has 3 amide bonds. The predicted octanol–water partition coefficient (Wildman–Crippen LogP) is 4.29. The maximum absolute atomic E-state index is 12.9. The highest BCUT2D eigenvalue weighted by atomic mass is 35.5. The highest BCUT2D eigenvalue weighted by molar-refractivity contribution is 6.31. The Morgan fingerprint density at radius 3 is 2.35 bits per heavy atom. The number of hydrogen-bond donors (Lipinski definition) is 0. The monoisotopic (exact) mass is 480 g/mol. The van der Waals surface area contributed by atoms with Gasteiger partial charge in [0.25, 0.3) is 0 Å². The van der Waals surface area contributed by atoms with Crippen molar-refractivity contribution in [3.63, 3.8) is 0 Å². The van der Waals surface area contributed by atoms with E-state index in [0.29, 0.717) is 16.4 Å². The van der Waals surface area contributed by atoms with Crippen molar-refractivity contribution in [3.05, 3.63) is 53.1 Å². The number of fused-ring (bicyclic) bond motifs is 1. The van der Waals surface area contributed by atoms with Gasteiger partial charge in [0, 0.05) is 29.7 Å². The van der Waals surface area contributed by atoms with Crippen LogP contribution in [0, 0.1) is 24.7 Å². The number of anilines is 2. The summed E-state index contributed by atoms with van der Waals surface area (Å²) in [5.41, 5.74) is 1.96. The van der Waals surface area contributed by atoms with Gasteiger partial charge in [0.1, 0.15) is 5.75 Å². The fraction of sp³-hybridized carbons (Fsp3) is 0.385. The number of carbonyl (C=O) groups is 4. The third-order valence-corrected chi connectivity index (χ3v) is 7.47. The number of ether oxygens (including phenoxy) is 1. The number of amides is 3. The first-order valence-electron chi connectivity index (χ1n) is 11.6. The Kier molecular flexibility index (Phi) is 5.90. The Hall–Kier alpha value is -3.19. The molecule has 1 saturated carbocycles. The van der Waals surface area contributed by atoms with Gasteiger partial charge >= 0.3 is 5.97 Å². The van der Waals surface area contributed by atoms with Crippen LogP contribution in [0.25, 0.3) is 0 Å². The first-order valence-corrected chi connectivity index (χ1v) is 12.0. The smallest absolute Gasteiger partial charge is 0.316 e. The second-order valence-corrected chi connectivity index (χ2v) is 9.67. The molecule has 2 aromatic rings. The van der Waals surface area contributed by atoms with Gasteiger partial charge in [0.2, 0.25) is 17.7 Å². The number of imide groups is 1. The lowest BCUT2D eigenvalue weighted by molar-refractivity contribution is -0.139. The molecule has 5 rings (SSSR count). The third-order valence-electron chi connectivity index (χ3n) is 7.06. The van der Waals surface area contributed by atoms with Gasteiger partial charge in [0.15, 0.2) is 0 Å². The molecule has 176 valence electrons. The zero-order valence-electron chi connectivity index (χ0n) is 18.8. The van der Waals surface area contributed by atoms with Crippen LogP contribution in [0.2, 0.25) is 5.02 Å². The fourth-order valence-electron chi connectivity index (χ4n) is 5.17. The molecular formula is C26H25ClN2O5. The summed E-state index contributed by atoms with van der Waals surface area (Å²) in [4.78, 5) is 54.0. The van der Waals surface area contributed by atoms with Crippen molar-refractivity contribution in [3.8, 4) is 5.75 Å². The summed E-state index contributed by atoms with van der Waals surface area (Å²) in [6.07, 6.45) is 3.42. The molecular weight excluding hydrogens is 456 g/mol. The minimum atomic E-state index is -0.630. The number of benzene rings is 2. The van der Waals surface area contributed by atoms with Crippen molar-refractivity contribution >= 4 is 46.7 Å². The number of carbonyl (C=O) groups excluding carboxylic acids is 4. The second-order valence-electron chi connectivity index (χ2n) is 9.27. The van der Waals surface area contributed by atoms with Crippen LogP contribution in [-0.2, 0) is 19.2 Å². The standard InChI is InChI=1S/C26H25ClN2O5/c1-15-9-10-17(13-22(15)27)28-14-16(11-23(28)30)26(33)34-19-6-4-5-18(12-19)29-24(31)20-7-2-3-8-21(20)25(29)32/h4-6,9-10,12-13,16,20-21H,2-3,7-8,11,14H2,1H3/t16-,20-,21-/m1/s1. The molecule has 0 bridgehead atoms. The highest BCUT2D eigenvalue weighted by Gasteiger charge is 2.48. The number of halogens is 1. The number of aryl methyl sites for hydroxylation is 1. The fourth-order valence-corrected chi connectivity index (χ4v) is 5.34. The van der Waals surface area contributed by atoms with Gasteiger partial charge in [0.05, 0.1) is 23.4 Å². The Balaban J connectivity index is 1.29. The number of hydrogen-bond acceptors (Lipinski definition) is 5. The van der Waals surface area contributed by atoms with Crippen molar-refractivity contribution in [2.24, 2.45) is 17.8 Å². The molecule has 3 atom stereocenters. The first kappa shape index (κ1) is 22.6. The van der Waals surface area contributed by atoms with Gasteiger partial charge in [-0.05, 0) is 49.6 Å². The van der Waals surface area contributed by atoms with Crippen molar-refractivity contribution < 1.29 is 23.9 Å². The van der Waals surface area contributed by atoms with Crippen LogP contribution in [-0.4, -0.2) is 30.2 Å². The number of esters is 1. The zero-order valence-corrected chi connectivity index (χ0v) is 19.6. The summed E-state index contributed by atoms with van der Waals surface area (Å²) in [5, 5.41) is 0.555. The molecule has 0 spiro atoms. The second kappa shape index (κ2) is 8.87. The lowest BCUT2D eigenvalue weighted by Crippen LogP contribution is -2.31. The van der Waals surface area contributed by atoms with Crippen molar-refractivity contribution in [2.75, 3.05) is 16.3 Å². The Bertz CT molecular complexity index is 1170. The topological polar surface area (TPSA) is 84.0 Å². The molecule has 0 unspecified atom stereocenters. The molecule has 0 radical (unpaired) electrons. The Morgan fingerprint density at radius 2 is 1.68 bits per heavy atom. The van der Waals surface area contributed by atoms with Crippen LogP contribution in [0.4, 0.5) is 11.4 Å². The van der Waals surface area contributed by atoms with Crippen LogP contribution in [0.5, 0.6) is 5.75 Å². The van der Waals surface area contributed by atoms with Crippen LogP contribution in [0.3, 0.4) is 0 Å². The largest absolute Gasteiger partial charge is 0.426 e. The normalized spacial score (nSPS) is 24.5. The van der Waals surface area contributed by atoms with Crippen LogP contribution in [0.15, 0.2) is 42.5 Å². The molecule has 2 aliphatic heterocycles. The molecule has 7 nitrogen and oxygen atoms in total. The van der Waals surface area contributed by atoms with Gasteiger partial charge in [-0.15, -0.1) is 0 Å². The van der Waals surface area contributed by atoms with E-state index in [1.165, 1.54) is 9.80 Å². The third kappa shape index (κ3) is 3.98. The number of nitrogens with zero attached hydrogens (tertiary/aromatic N) is 2. The van der Waals surface area contributed by atoms with Crippen LogP contribution < -0.4 is 14.5 Å². The van der Waals surface area contributed by atoms with E-state index >= 15 is 0 Å². The highest BCUT2D eigenvalue weighted by Crippen LogP contribution is 2.40. The van der Waals surface area contributed by atoms with Gasteiger partial charge in [-0.1, -0.05) is 36.6 Å². The molecule has 3 fully saturated rings. The maximum atomic E-state index is 12.9. The molecule has 0 aromatic heterocycles. The summed E-state index contributed by atoms with van der Waals surface area (Å²) in [5.74, 6) is -1.95. The predicted molar refractivity (Wildman–Crippen MR) is 127 cm³/mol. The van der Waals surface area contributed by atoms with Gasteiger partial charge in [-0.25, -0.2) is 4.90 Å². The quantitative estimate of drug-likeness (QED) is 0.370. The summed E-state index contributed by atoms with van der Waals surface area (Å²) in [7, 11) is 0. The zero-order chi connectivity index (χ0) is 24.0. The van der Waals surface area contributed by atoms with Crippen molar-refractivity contribution in [2.45, 2.75) is 39.0 Å². The maximum Gasteiger partial charge on any atom is 0.316 e. The molecule has 34 heavy (non-hydrogen) atoms. The summed E-state index contributed by atoms with van der Waals surface area (Å²) in [6, 6.07) is 11.8. The van der Waals surface area contributed by atoms with E-state index in [1.54, 1.807) is 36.4 Å². The number of rotatable bonds is 4. The molecule has 2 heterocycles. The van der Waals surface area contributed by atoms with E-state index in [1.807, 2.05) is 13.0 Å². The minimum absolute atomic E-state index is 0.0382. The van der Waals surface area contributed by atoms with Gasteiger partial charge < -0.3 is 9.64 Å². The lowest BCUT2D eigenvalue weighted by Gasteiger charge is -2.19. The summed E-state index contributed by atoms with van der Waals surface area (Å²) >= 11 is 6.19. The SMILES string of the molecule is Cc1ccc(N2C[C@H](C(=O)Oc3cccc(N4C(=O)[C@@H]5CCCC[C@H]5C4=O)c3)CC2=O)cc1Cl. The van der Waals surface area contributed by atoms with Gasteiger partial charge in [-0.2, -0.15) is 0 Å². The van der Waals surface area contributed by atoms with E-state index in [9.17, 15) is 19.2 Å². The van der Waals surface area contributed by atoms with Crippen LogP contribution in [0.1, 0.15) is 37.7 Å². The van der Waals surface area contributed by atoms with E-state index in [0.717, 1.165) is 31.2 Å². The average Bonchev–Trinajstić information content (AvgIpc) is 3.34. The van der Waals surface area contributed by atoms with E-state index < -0.39 is 11.9 Å². The van der Waals surface area contributed by atoms with Crippen molar-refractivity contribution in [1.29, 1.82) is 0 Å². The molecule has 3 aliphatic rings. The molecule has 0 N–H and O–H groups in total. The van der Waals surface area contributed by atoms with E-state index in [2.05, 4.69) is 0 Å². The Labute approximate surface area is 202 Å². The summed E-state index contributed by atoms with van der Waals surface area (Å²) in [6.45, 7) is 2.08. The molecule has 2 aromatic carbocycles. The van der Waals surface area contributed by atoms with Crippen LogP contribution >= 0.6 is 11.6 Å². The van der Waals surface area contributed by atoms with Gasteiger partial charge in [-0.3, -0.25) is 19.2 Å². The first-order chi connectivity index (χ1) is 16.3. The molecule has 2 saturated heterocycles. The Morgan fingerprint density at radius 1 is 0.971 bits per heavy atom. The molecule has 1 aliphatic carbocycles. The van der Waals surface area contributed by atoms with Crippen molar-refractivity contribution in [1.82, 2.24) is 0 Å². The van der Waals surface area contributed by atoms with E-state index in [-0.39, 0.29) is 48.3 Å². The minimum Gasteiger partial charge on any atom is -0.426 e. The average molecular weight is 481 g/mol. The lowest BCUT2D eigenvalue weighted by atomic mass is 9.81.